The molecule has 112 valence electrons. The van der Waals surface area contributed by atoms with Crippen LogP contribution < -0.4 is 5.73 Å². The molecule has 20 heavy (non-hydrogen) atoms. The minimum atomic E-state index is -3.45. The maximum Gasteiger partial charge on any atom is 0.216 e. The van der Waals surface area contributed by atoms with Crippen molar-refractivity contribution in [3.05, 3.63) is 30.1 Å². The van der Waals surface area contributed by atoms with Crippen molar-refractivity contribution in [2.45, 2.75) is 13.0 Å². The molecule has 0 atom stereocenters. The van der Waals surface area contributed by atoms with Crippen LogP contribution in [0.1, 0.15) is 12.0 Å². The molecule has 1 heterocycles. The van der Waals surface area contributed by atoms with E-state index in [9.17, 15) is 8.42 Å². The molecular formula is C12H20N4O3S. The molecule has 0 saturated carbocycles. The summed E-state index contributed by atoms with van der Waals surface area (Å²) < 4.78 is 30.6. The second-order valence-electron chi connectivity index (χ2n) is 4.28. The molecule has 0 aliphatic carbocycles. The Bertz CT molecular complexity index is 519. The molecule has 1 aromatic heterocycles. The highest BCUT2D eigenvalue weighted by atomic mass is 32.2. The van der Waals surface area contributed by atoms with Crippen molar-refractivity contribution >= 4 is 15.9 Å². The third kappa shape index (κ3) is 5.64. The molecule has 8 heteroatoms. The predicted molar refractivity (Wildman–Crippen MR) is 76.8 cm³/mol. The van der Waals surface area contributed by atoms with E-state index < -0.39 is 10.0 Å². The summed E-state index contributed by atoms with van der Waals surface area (Å²) in [6, 6.07) is 3.56. The van der Waals surface area contributed by atoms with Crippen molar-refractivity contribution in [3.8, 4) is 0 Å². The number of methoxy groups -OCH3 is 1. The molecule has 0 amide bonds. The van der Waals surface area contributed by atoms with E-state index >= 15 is 0 Å². The third-order valence-corrected chi connectivity index (χ3v) is 4.43. The van der Waals surface area contributed by atoms with Gasteiger partial charge >= 0.3 is 0 Å². The lowest BCUT2D eigenvalue weighted by atomic mass is 10.3. The Morgan fingerprint density at radius 3 is 2.85 bits per heavy atom. The third-order valence-electron chi connectivity index (χ3n) is 2.65. The Balaban J connectivity index is 2.81. The van der Waals surface area contributed by atoms with Crippen LogP contribution in [0.15, 0.2) is 24.5 Å². The summed E-state index contributed by atoms with van der Waals surface area (Å²) in [6.07, 6.45) is 3.45. The number of aromatic nitrogens is 1. The van der Waals surface area contributed by atoms with Gasteiger partial charge in [-0.2, -0.15) is 4.31 Å². The number of ether oxygens (including phenoxy) is 1. The first kappa shape index (κ1) is 16.5. The summed E-state index contributed by atoms with van der Waals surface area (Å²) in [5, 5.41) is 7.23. The SMILES string of the molecule is COCCS(=O)(=O)N(CCC(=N)N)Cc1cccnc1. The molecular weight excluding hydrogens is 280 g/mol. The number of hydrogen-bond acceptors (Lipinski definition) is 5. The first-order valence-electron chi connectivity index (χ1n) is 6.14. The summed E-state index contributed by atoms with van der Waals surface area (Å²) >= 11 is 0. The highest BCUT2D eigenvalue weighted by Crippen LogP contribution is 2.10. The summed E-state index contributed by atoms with van der Waals surface area (Å²) in [5.41, 5.74) is 6.09. The molecule has 0 fully saturated rings. The van der Waals surface area contributed by atoms with Crippen LogP contribution in [0.2, 0.25) is 0 Å². The minimum absolute atomic E-state index is 0.0388. The van der Waals surface area contributed by atoms with Crippen LogP contribution in [0.25, 0.3) is 0 Å². The van der Waals surface area contributed by atoms with Crippen LogP contribution in [-0.2, 0) is 21.3 Å². The standard InChI is InChI=1S/C12H20N4O3S/c1-19-7-8-20(17,18)16(6-4-12(13)14)10-11-3-2-5-15-9-11/h2-3,5,9H,4,6-8,10H2,1H3,(H3,13,14). The lowest BCUT2D eigenvalue weighted by molar-refractivity contribution is 0.215. The van der Waals surface area contributed by atoms with Gasteiger partial charge in [-0.3, -0.25) is 10.4 Å². The molecule has 0 aromatic carbocycles. The fraction of sp³-hybridized carbons (Fsp3) is 0.500. The van der Waals surface area contributed by atoms with Gasteiger partial charge in [0.15, 0.2) is 0 Å². The highest BCUT2D eigenvalue weighted by molar-refractivity contribution is 7.89. The number of pyridine rings is 1. The number of nitrogens with zero attached hydrogens (tertiary/aromatic N) is 2. The molecule has 0 unspecified atom stereocenters. The van der Waals surface area contributed by atoms with Gasteiger partial charge in [-0.15, -0.1) is 0 Å². The summed E-state index contributed by atoms with van der Waals surface area (Å²) in [6.45, 7) is 0.523. The maximum atomic E-state index is 12.2. The van der Waals surface area contributed by atoms with E-state index in [1.54, 1.807) is 24.5 Å². The van der Waals surface area contributed by atoms with E-state index in [0.717, 1.165) is 5.56 Å². The second-order valence-corrected chi connectivity index (χ2v) is 6.37. The molecule has 7 nitrogen and oxygen atoms in total. The monoisotopic (exact) mass is 300 g/mol. The zero-order valence-corrected chi connectivity index (χ0v) is 12.3. The minimum Gasteiger partial charge on any atom is -0.388 e. The molecule has 0 saturated heterocycles. The van der Waals surface area contributed by atoms with Crippen LogP contribution >= 0.6 is 0 Å². The van der Waals surface area contributed by atoms with Crippen molar-refractivity contribution in [2.75, 3.05) is 26.0 Å². The smallest absolute Gasteiger partial charge is 0.216 e. The van der Waals surface area contributed by atoms with Crippen molar-refractivity contribution in [3.63, 3.8) is 0 Å². The van der Waals surface area contributed by atoms with Crippen LogP contribution in [0, 0.1) is 5.41 Å². The van der Waals surface area contributed by atoms with Crippen molar-refractivity contribution in [1.82, 2.24) is 9.29 Å². The van der Waals surface area contributed by atoms with E-state index in [1.807, 2.05) is 0 Å². The summed E-state index contributed by atoms with van der Waals surface area (Å²) in [5.74, 6) is -0.134. The van der Waals surface area contributed by atoms with E-state index in [1.165, 1.54) is 11.4 Å². The van der Waals surface area contributed by atoms with Gasteiger partial charge in [0.25, 0.3) is 0 Å². The summed E-state index contributed by atoms with van der Waals surface area (Å²) in [7, 11) is -2.00. The van der Waals surface area contributed by atoms with Gasteiger partial charge in [0.1, 0.15) is 0 Å². The second kappa shape index (κ2) is 7.93. The predicted octanol–water partition coefficient (Wildman–Crippen LogP) is 0.186. The maximum absolute atomic E-state index is 12.2. The molecule has 0 radical (unpaired) electrons. The van der Waals surface area contributed by atoms with Crippen LogP contribution in [0.5, 0.6) is 0 Å². The lowest BCUT2D eigenvalue weighted by Crippen LogP contribution is -2.36. The lowest BCUT2D eigenvalue weighted by Gasteiger charge is -2.21. The van der Waals surface area contributed by atoms with Gasteiger partial charge in [0, 0.05) is 39.0 Å². The van der Waals surface area contributed by atoms with Crippen LogP contribution in [0.3, 0.4) is 0 Å². The van der Waals surface area contributed by atoms with E-state index in [4.69, 9.17) is 15.9 Å². The number of rotatable bonds is 9. The van der Waals surface area contributed by atoms with Gasteiger partial charge in [0.2, 0.25) is 10.0 Å². The Hall–Kier alpha value is -1.51. The number of hydrogen-bond donors (Lipinski definition) is 2. The number of nitrogens with two attached hydrogens (primary N) is 1. The zero-order valence-electron chi connectivity index (χ0n) is 11.4. The van der Waals surface area contributed by atoms with Gasteiger partial charge in [0.05, 0.1) is 18.2 Å². The number of nitrogens with one attached hydrogen (secondary N) is 1. The van der Waals surface area contributed by atoms with E-state index in [0.29, 0.717) is 0 Å². The molecule has 3 N–H and O–H groups in total. The van der Waals surface area contributed by atoms with E-state index in [-0.39, 0.29) is 37.7 Å². The number of amidine groups is 1. The van der Waals surface area contributed by atoms with Crippen molar-refractivity contribution in [2.24, 2.45) is 5.73 Å². The van der Waals surface area contributed by atoms with E-state index in [2.05, 4.69) is 4.98 Å². The van der Waals surface area contributed by atoms with Gasteiger partial charge in [-0.25, -0.2) is 8.42 Å². The quantitative estimate of drug-likeness (QED) is 0.499. The number of sulfonamides is 1. The average molecular weight is 300 g/mol. The highest BCUT2D eigenvalue weighted by Gasteiger charge is 2.22. The Kier molecular flexibility index (Phi) is 6.56. The average Bonchev–Trinajstić information content (AvgIpc) is 2.42. The van der Waals surface area contributed by atoms with Gasteiger partial charge in [-0.05, 0) is 11.6 Å². The van der Waals surface area contributed by atoms with Gasteiger partial charge < -0.3 is 10.5 Å². The first-order chi connectivity index (χ1) is 9.45. The van der Waals surface area contributed by atoms with Crippen LogP contribution in [0.4, 0.5) is 0 Å². The normalized spacial score (nSPS) is 11.7. The molecule has 0 aliphatic rings. The molecule has 1 rings (SSSR count). The largest absolute Gasteiger partial charge is 0.388 e. The molecule has 1 aromatic rings. The van der Waals surface area contributed by atoms with Crippen molar-refractivity contribution < 1.29 is 13.2 Å². The Morgan fingerprint density at radius 1 is 1.55 bits per heavy atom. The zero-order chi connectivity index (χ0) is 15.0. The fourth-order valence-electron chi connectivity index (χ4n) is 1.57. The first-order valence-corrected chi connectivity index (χ1v) is 7.75. The Labute approximate surface area is 119 Å². The van der Waals surface area contributed by atoms with Gasteiger partial charge in [-0.1, -0.05) is 6.07 Å². The fourth-order valence-corrected chi connectivity index (χ4v) is 2.93. The Morgan fingerprint density at radius 2 is 2.30 bits per heavy atom. The van der Waals surface area contributed by atoms with Crippen LogP contribution in [-0.4, -0.2) is 49.6 Å². The van der Waals surface area contributed by atoms with Crippen molar-refractivity contribution in [1.29, 1.82) is 5.41 Å². The summed E-state index contributed by atoms with van der Waals surface area (Å²) in [4.78, 5) is 3.96. The molecule has 0 bridgehead atoms. The topological polar surface area (TPSA) is 109 Å². The molecule has 0 aliphatic heterocycles. The molecule has 0 spiro atoms.